The Morgan fingerprint density at radius 2 is 2.00 bits per heavy atom. The van der Waals surface area contributed by atoms with Gasteiger partial charge in [-0.2, -0.15) is 15.0 Å². The summed E-state index contributed by atoms with van der Waals surface area (Å²) in [6.07, 6.45) is 1.00. The van der Waals surface area contributed by atoms with Crippen molar-refractivity contribution in [1.82, 2.24) is 15.0 Å². The monoisotopic (exact) mass is 269 g/mol. The fourth-order valence-electron chi connectivity index (χ4n) is 1.35. The molecule has 1 heterocycles. The average Bonchev–Trinajstić information content (AvgIpc) is 2.42. The number of ether oxygens (including phenoxy) is 2. The Bertz CT molecular complexity index is 375. The van der Waals surface area contributed by atoms with E-state index < -0.39 is 0 Å². The summed E-state index contributed by atoms with van der Waals surface area (Å²) in [5.74, 6) is 1.12. The van der Waals surface area contributed by atoms with E-state index in [4.69, 9.17) is 9.47 Å². The zero-order chi connectivity index (χ0) is 14.1. The summed E-state index contributed by atoms with van der Waals surface area (Å²) in [5, 5.41) is 3.14. The maximum absolute atomic E-state index is 5.36. The van der Waals surface area contributed by atoms with Crippen LogP contribution in [0.4, 0.5) is 11.9 Å². The number of nitrogens with one attached hydrogen (secondary N) is 1. The van der Waals surface area contributed by atoms with Crippen molar-refractivity contribution in [2.24, 2.45) is 0 Å². The fraction of sp³-hybridized carbons (Fsp3) is 0.750. The van der Waals surface area contributed by atoms with Crippen molar-refractivity contribution in [3.8, 4) is 6.01 Å². The number of methoxy groups -OCH3 is 1. The van der Waals surface area contributed by atoms with Crippen LogP contribution in [0.2, 0.25) is 0 Å². The van der Waals surface area contributed by atoms with Gasteiger partial charge >= 0.3 is 6.01 Å². The summed E-state index contributed by atoms with van der Waals surface area (Å²) in [5.41, 5.74) is 0. The van der Waals surface area contributed by atoms with Crippen molar-refractivity contribution in [2.45, 2.75) is 20.3 Å². The summed E-state index contributed by atoms with van der Waals surface area (Å²) < 4.78 is 10.4. The highest BCUT2D eigenvalue weighted by Crippen LogP contribution is 2.13. The lowest BCUT2D eigenvalue weighted by atomic mass is 10.5. The van der Waals surface area contributed by atoms with Gasteiger partial charge in [0.1, 0.15) is 0 Å². The smallest absolute Gasteiger partial charge is 0.323 e. The van der Waals surface area contributed by atoms with Crippen LogP contribution >= 0.6 is 0 Å². The van der Waals surface area contributed by atoms with Gasteiger partial charge in [-0.15, -0.1) is 0 Å². The molecule has 1 aromatic rings. The number of hydrogen-bond donors (Lipinski definition) is 1. The highest BCUT2D eigenvalue weighted by atomic mass is 16.5. The van der Waals surface area contributed by atoms with E-state index in [-0.39, 0.29) is 0 Å². The first-order chi connectivity index (χ1) is 9.21. The second-order valence-corrected chi connectivity index (χ2v) is 4.02. The highest BCUT2D eigenvalue weighted by Gasteiger charge is 2.10. The van der Waals surface area contributed by atoms with E-state index in [1.807, 2.05) is 18.9 Å². The van der Waals surface area contributed by atoms with Gasteiger partial charge in [0.05, 0.1) is 13.2 Å². The summed E-state index contributed by atoms with van der Waals surface area (Å²) in [4.78, 5) is 14.8. The molecule has 0 fully saturated rings. The van der Waals surface area contributed by atoms with Crippen LogP contribution in [0.1, 0.15) is 20.3 Å². The first kappa shape index (κ1) is 15.4. The van der Waals surface area contributed by atoms with E-state index >= 15 is 0 Å². The Morgan fingerprint density at radius 3 is 2.63 bits per heavy atom. The molecule has 7 heteroatoms. The number of rotatable bonds is 9. The molecule has 0 amide bonds. The molecule has 0 aromatic carbocycles. The van der Waals surface area contributed by atoms with Crippen LogP contribution in [0.3, 0.4) is 0 Å². The number of nitrogens with zero attached hydrogens (tertiary/aromatic N) is 4. The standard InChI is InChI=1S/C12H23N5O2/c1-5-7-13-10-14-11(17(3)8-9-18-4)16-12(15-10)19-6-2/h5-9H2,1-4H3,(H,13,14,15,16). The van der Waals surface area contributed by atoms with E-state index in [1.165, 1.54) is 0 Å². The molecular formula is C12H23N5O2. The van der Waals surface area contributed by atoms with Crippen LogP contribution < -0.4 is 15.0 Å². The lowest BCUT2D eigenvalue weighted by molar-refractivity contribution is 0.206. The molecule has 0 spiro atoms. The van der Waals surface area contributed by atoms with E-state index in [0.717, 1.165) is 13.0 Å². The molecule has 7 nitrogen and oxygen atoms in total. The van der Waals surface area contributed by atoms with Gasteiger partial charge in [0.2, 0.25) is 11.9 Å². The number of hydrogen-bond acceptors (Lipinski definition) is 7. The predicted octanol–water partition coefficient (Wildman–Crippen LogP) is 1.17. The molecule has 0 unspecified atom stereocenters. The van der Waals surface area contributed by atoms with E-state index in [9.17, 15) is 0 Å². The van der Waals surface area contributed by atoms with Gasteiger partial charge in [-0.05, 0) is 13.3 Å². The van der Waals surface area contributed by atoms with Gasteiger partial charge < -0.3 is 19.7 Å². The molecule has 0 aliphatic carbocycles. The summed E-state index contributed by atoms with van der Waals surface area (Å²) in [6.45, 7) is 6.65. The normalized spacial score (nSPS) is 10.3. The summed E-state index contributed by atoms with van der Waals surface area (Å²) >= 11 is 0. The Kier molecular flexibility index (Phi) is 6.88. The van der Waals surface area contributed by atoms with Crippen LogP contribution in [0.5, 0.6) is 6.01 Å². The van der Waals surface area contributed by atoms with Gasteiger partial charge in [-0.3, -0.25) is 0 Å². The lowest BCUT2D eigenvalue weighted by Crippen LogP contribution is -2.25. The second-order valence-electron chi connectivity index (χ2n) is 4.02. The van der Waals surface area contributed by atoms with E-state index in [0.29, 0.717) is 37.7 Å². The van der Waals surface area contributed by atoms with Gasteiger partial charge in [0.25, 0.3) is 0 Å². The van der Waals surface area contributed by atoms with Gasteiger partial charge in [0.15, 0.2) is 0 Å². The van der Waals surface area contributed by atoms with Crippen molar-refractivity contribution in [3.05, 3.63) is 0 Å². The molecule has 0 aliphatic rings. The number of likely N-dealkylation sites (N-methyl/N-ethyl adjacent to an activating group) is 1. The maximum atomic E-state index is 5.36. The summed E-state index contributed by atoms with van der Waals surface area (Å²) in [6, 6.07) is 0.343. The quantitative estimate of drug-likeness (QED) is 0.721. The van der Waals surface area contributed by atoms with Crippen molar-refractivity contribution in [3.63, 3.8) is 0 Å². The third-order valence-corrected chi connectivity index (χ3v) is 2.38. The third-order valence-electron chi connectivity index (χ3n) is 2.38. The largest absolute Gasteiger partial charge is 0.464 e. The van der Waals surface area contributed by atoms with Crippen molar-refractivity contribution >= 4 is 11.9 Å². The SMILES string of the molecule is CCCNc1nc(OCC)nc(N(C)CCOC)n1. The number of aromatic nitrogens is 3. The second kappa shape index (κ2) is 8.47. The van der Waals surface area contributed by atoms with Gasteiger partial charge in [-0.25, -0.2) is 0 Å². The molecular weight excluding hydrogens is 246 g/mol. The zero-order valence-electron chi connectivity index (χ0n) is 12.1. The highest BCUT2D eigenvalue weighted by molar-refractivity contribution is 5.37. The molecule has 0 saturated heterocycles. The molecule has 0 radical (unpaired) electrons. The third kappa shape index (κ3) is 5.25. The predicted molar refractivity (Wildman–Crippen MR) is 74.9 cm³/mol. The molecule has 1 N–H and O–H groups in total. The van der Waals surface area contributed by atoms with Gasteiger partial charge in [0, 0.05) is 27.2 Å². The Balaban J connectivity index is 2.84. The van der Waals surface area contributed by atoms with E-state index in [1.54, 1.807) is 7.11 Å². The van der Waals surface area contributed by atoms with Crippen LogP contribution in [0.25, 0.3) is 0 Å². The Labute approximate surface area is 114 Å². The van der Waals surface area contributed by atoms with Crippen LogP contribution in [0.15, 0.2) is 0 Å². The Hall–Kier alpha value is -1.63. The minimum Gasteiger partial charge on any atom is -0.464 e. The Morgan fingerprint density at radius 1 is 1.21 bits per heavy atom. The minimum absolute atomic E-state index is 0.343. The van der Waals surface area contributed by atoms with Crippen molar-refractivity contribution < 1.29 is 9.47 Å². The van der Waals surface area contributed by atoms with E-state index in [2.05, 4.69) is 27.2 Å². The molecule has 0 saturated carbocycles. The average molecular weight is 269 g/mol. The molecule has 0 atom stereocenters. The molecule has 0 bridgehead atoms. The zero-order valence-corrected chi connectivity index (χ0v) is 12.1. The summed E-state index contributed by atoms with van der Waals surface area (Å²) in [7, 11) is 3.58. The molecule has 19 heavy (non-hydrogen) atoms. The first-order valence-corrected chi connectivity index (χ1v) is 6.54. The lowest BCUT2D eigenvalue weighted by Gasteiger charge is -2.17. The van der Waals surface area contributed by atoms with Crippen LogP contribution in [0, 0.1) is 0 Å². The van der Waals surface area contributed by atoms with Crippen molar-refractivity contribution in [2.75, 3.05) is 50.7 Å². The van der Waals surface area contributed by atoms with Crippen molar-refractivity contribution in [1.29, 1.82) is 0 Å². The fourth-order valence-corrected chi connectivity index (χ4v) is 1.35. The maximum Gasteiger partial charge on any atom is 0.323 e. The first-order valence-electron chi connectivity index (χ1n) is 6.54. The topological polar surface area (TPSA) is 72.4 Å². The molecule has 0 aliphatic heterocycles. The van der Waals surface area contributed by atoms with Gasteiger partial charge in [-0.1, -0.05) is 6.92 Å². The molecule has 108 valence electrons. The van der Waals surface area contributed by atoms with Crippen LogP contribution in [-0.4, -0.2) is 55.4 Å². The number of anilines is 2. The molecule has 1 aromatic heterocycles. The minimum atomic E-state index is 0.343. The molecule has 1 rings (SSSR count). The van der Waals surface area contributed by atoms with Crippen LogP contribution in [-0.2, 0) is 4.74 Å².